The molecule has 0 bridgehead atoms. The molecule has 14 nitrogen and oxygen atoms in total. The highest BCUT2D eigenvalue weighted by molar-refractivity contribution is 7.52. The molecule has 0 radical (unpaired) electrons. The Kier molecular flexibility index (Phi) is 8.36. The van der Waals surface area contributed by atoms with Gasteiger partial charge in [0.1, 0.15) is 34.4 Å². The van der Waals surface area contributed by atoms with Crippen molar-refractivity contribution in [2.75, 3.05) is 18.1 Å². The second kappa shape index (κ2) is 11.2. The number of hydrogen-bond donors (Lipinski definition) is 4. The number of hydrogen-bond acceptors (Lipinski definition) is 12. The van der Waals surface area contributed by atoms with Gasteiger partial charge in [-0.2, -0.15) is 15.1 Å². The summed E-state index contributed by atoms with van der Waals surface area (Å²) in [6.45, 7) is 5.99. The fraction of sp³-hybridized carbons (Fsp3) is 0.478. The van der Waals surface area contributed by atoms with Gasteiger partial charge in [-0.3, -0.25) is 13.9 Å². The Morgan fingerprint density at radius 2 is 1.97 bits per heavy atom. The van der Waals surface area contributed by atoms with Crippen LogP contribution >= 0.6 is 19.3 Å². The van der Waals surface area contributed by atoms with E-state index in [1.807, 2.05) is 0 Å². The number of fused-ring (bicyclic) bond motifs is 1. The van der Waals surface area contributed by atoms with Crippen molar-refractivity contribution in [2.45, 2.75) is 63.2 Å². The van der Waals surface area contributed by atoms with Crippen LogP contribution in [0.2, 0.25) is 0 Å². The molecule has 1 fully saturated rings. The van der Waals surface area contributed by atoms with E-state index in [9.17, 15) is 14.5 Å². The molecule has 6 unspecified atom stereocenters. The molecule has 0 aliphatic carbocycles. The summed E-state index contributed by atoms with van der Waals surface area (Å²) in [7, 11) is -4.21. The molecule has 6 atom stereocenters. The lowest BCUT2D eigenvalue weighted by molar-refractivity contribution is -0.149. The minimum Gasteiger partial charge on any atom is -0.462 e. The van der Waals surface area contributed by atoms with Crippen LogP contribution in [0.15, 0.2) is 36.7 Å². The number of nitrogens with zero attached hydrogens (tertiary/aromatic N) is 4. The van der Waals surface area contributed by atoms with E-state index in [-0.39, 0.29) is 34.8 Å². The van der Waals surface area contributed by atoms with Crippen molar-refractivity contribution in [3.8, 4) is 5.75 Å². The molecular weight excluding hydrogens is 553 g/mol. The largest absolute Gasteiger partial charge is 0.462 e. The number of ether oxygens (including phenoxy) is 2. The predicted molar refractivity (Wildman–Crippen MR) is 143 cm³/mol. The van der Waals surface area contributed by atoms with Crippen LogP contribution in [0, 0.1) is 0 Å². The van der Waals surface area contributed by atoms with Crippen molar-refractivity contribution >= 4 is 48.2 Å². The van der Waals surface area contributed by atoms with Crippen LogP contribution in [0.3, 0.4) is 0 Å². The first-order chi connectivity index (χ1) is 18.3. The smallest absolute Gasteiger partial charge is 0.459 e. The third-order valence-corrected chi connectivity index (χ3v) is 7.92. The quantitative estimate of drug-likeness (QED) is 0.154. The minimum atomic E-state index is -4.21. The van der Waals surface area contributed by atoms with Crippen LogP contribution in [0.1, 0.15) is 33.9 Å². The number of esters is 1. The molecule has 0 amide bonds. The zero-order valence-electron chi connectivity index (χ0n) is 21.7. The number of carbonyl (C=O) groups is 1. The van der Waals surface area contributed by atoms with E-state index in [2.05, 4.69) is 20.0 Å². The lowest BCUT2D eigenvalue weighted by Crippen LogP contribution is -2.40. The summed E-state index contributed by atoms with van der Waals surface area (Å²) < 4.78 is 37.8. The van der Waals surface area contributed by atoms with E-state index in [0.29, 0.717) is 0 Å². The second-order valence-corrected chi connectivity index (χ2v) is 12.0. The summed E-state index contributed by atoms with van der Waals surface area (Å²) >= 11 is 6.74. The van der Waals surface area contributed by atoms with Gasteiger partial charge < -0.3 is 30.6 Å². The lowest BCUT2D eigenvalue weighted by Gasteiger charge is -2.26. The number of aromatic nitrogens is 4. The number of nitrogens with two attached hydrogens (primary N) is 2. The molecule has 4 rings (SSSR count). The highest BCUT2D eigenvalue weighted by Crippen LogP contribution is 2.48. The van der Waals surface area contributed by atoms with Gasteiger partial charge in [0.25, 0.3) is 0 Å². The molecule has 1 saturated heterocycles. The number of para-hydroxylation sites is 1. The first-order valence-corrected chi connectivity index (χ1v) is 14.0. The van der Waals surface area contributed by atoms with Crippen molar-refractivity contribution in [2.24, 2.45) is 0 Å². The predicted octanol–water partition coefficient (Wildman–Crippen LogP) is 2.38. The summed E-state index contributed by atoms with van der Waals surface area (Å²) in [6.07, 6.45) is -2.36. The third-order valence-electron chi connectivity index (χ3n) is 5.87. The molecule has 3 heterocycles. The number of imidazole rings is 1. The Labute approximate surface area is 229 Å². The first kappa shape index (κ1) is 29.0. The number of anilines is 2. The Hall–Kier alpha value is -3.00. The maximum absolute atomic E-state index is 13.8. The summed E-state index contributed by atoms with van der Waals surface area (Å²) in [4.78, 5) is 23.2. The molecule has 212 valence electrons. The van der Waals surface area contributed by atoms with Gasteiger partial charge in [-0.25, -0.2) is 9.55 Å². The zero-order valence-corrected chi connectivity index (χ0v) is 23.4. The van der Waals surface area contributed by atoms with Crippen molar-refractivity contribution in [3.05, 3.63) is 36.7 Å². The topological polar surface area (TPSA) is 199 Å². The number of nitrogens with one attached hydrogen (secondary N) is 1. The maximum Gasteiger partial charge on any atom is 0.459 e. The maximum atomic E-state index is 13.8. The molecule has 6 N–H and O–H groups in total. The van der Waals surface area contributed by atoms with Crippen LogP contribution in [0.5, 0.6) is 5.75 Å². The fourth-order valence-electron chi connectivity index (χ4n) is 3.98. The molecule has 0 spiro atoms. The van der Waals surface area contributed by atoms with Gasteiger partial charge in [0.05, 0.1) is 19.0 Å². The summed E-state index contributed by atoms with van der Waals surface area (Å²) in [5, 5.41) is 13.6. The van der Waals surface area contributed by atoms with Crippen molar-refractivity contribution < 1.29 is 33.0 Å². The number of alkyl halides is 1. The normalized spacial score (nSPS) is 25.5. The van der Waals surface area contributed by atoms with Crippen LogP contribution < -0.4 is 21.1 Å². The highest BCUT2D eigenvalue weighted by atomic mass is 35.5. The number of aliphatic hydroxyl groups excluding tert-OH is 1. The molecule has 16 heteroatoms. The van der Waals surface area contributed by atoms with Crippen LogP contribution in [-0.2, 0) is 23.4 Å². The Balaban J connectivity index is 1.55. The molecule has 1 aromatic carbocycles. The standard InChI is InChI=1S/C23H31ClN7O7P/c1-12(2)36-20(33)13(3)30-39(34,38-14-8-6-5-7-9-14)35-10-15-17(32)23(4,24)21(37-15)31-11-27-16-18(25)28-22(26)29-19(16)31/h5-9,11-13,15,17,21,32H,10H2,1-4H3,(H,30,34)(H4,25,26,28,29). The van der Waals surface area contributed by atoms with Crippen molar-refractivity contribution in [1.29, 1.82) is 0 Å². The zero-order chi connectivity index (χ0) is 28.5. The van der Waals surface area contributed by atoms with Crippen molar-refractivity contribution in [1.82, 2.24) is 24.6 Å². The third kappa shape index (κ3) is 6.26. The van der Waals surface area contributed by atoms with E-state index < -0.39 is 49.7 Å². The highest BCUT2D eigenvalue weighted by Gasteiger charge is 2.54. The Morgan fingerprint density at radius 1 is 1.28 bits per heavy atom. The number of nitrogen functional groups attached to an aromatic ring is 2. The fourth-order valence-corrected chi connectivity index (χ4v) is 5.78. The van der Waals surface area contributed by atoms with Crippen LogP contribution in [0.25, 0.3) is 11.2 Å². The van der Waals surface area contributed by atoms with Gasteiger partial charge in [-0.15, -0.1) is 11.6 Å². The van der Waals surface area contributed by atoms with E-state index in [0.717, 1.165) is 0 Å². The van der Waals surface area contributed by atoms with Crippen molar-refractivity contribution in [3.63, 3.8) is 0 Å². The average Bonchev–Trinajstić information content (AvgIpc) is 3.36. The Bertz CT molecular complexity index is 1370. The molecule has 2 aromatic heterocycles. The van der Waals surface area contributed by atoms with Crippen LogP contribution in [0.4, 0.5) is 11.8 Å². The monoisotopic (exact) mass is 583 g/mol. The average molecular weight is 584 g/mol. The van der Waals surface area contributed by atoms with Gasteiger partial charge in [-0.05, 0) is 39.8 Å². The number of aliphatic hydroxyl groups is 1. The molecule has 0 saturated carbocycles. The molecule has 1 aliphatic rings. The second-order valence-electron chi connectivity index (χ2n) is 9.45. The van der Waals surface area contributed by atoms with Gasteiger partial charge in [0.15, 0.2) is 17.7 Å². The number of carbonyl (C=O) groups excluding carboxylic acids is 1. The number of benzene rings is 1. The minimum absolute atomic E-state index is 0.0705. The Morgan fingerprint density at radius 3 is 2.64 bits per heavy atom. The van der Waals surface area contributed by atoms with Crippen LogP contribution in [-0.4, -0.2) is 66.4 Å². The summed E-state index contributed by atoms with van der Waals surface area (Å²) in [5.74, 6) is -0.429. The van der Waals surface area contributed by atoms with E-state index in [4.69, 9.17) is 41.6 Å². The first-order valence-electron chi connectivity index (χ1n) is 12.1. The molecule has 39 heavy (non-hydrogen) atoms. The molecular formula is C23H31ClN7O7P. The SMILES string of the molecule is CC(C)OC(=O)C(C)NP(=O)(OCC1OC(n2cnc3c(N)nc(N)nc32)C(C)(Cl)C1O)Oc1ccccc1. The number of halogens is 1. The van der Waals surface area contributed by atoms with Gasteiger partial charge in [-0.1, -0.05) is 18.2 Å². The molecule has 1 aliphatic heterocycles. The van der Waals surface area contributed by atoms with E-state index >= 15 is 0 Å². The van der Waals surface area contributed by atoms with Gasteiger partial charge in [0.2, 0.25) is 5.95 Å². The van der Waals surface area contributed by atoms with E-state index in [1.54, 1.807) is 51.1 Å². The van der Waals surface area contributed by atoms with Gasteiger partial charge in [0, 0.05) is 0 Å². The van der Waals surface area contributed by atoms with Gasteiger partial charge >= 0.3 is 13.7 Å². The molecule has 3 aromatic rings. The summed E-state index contributed by atoms with van der Waals surface area (Å²) in [5.41, 5.74) is 12.2. The summed E-state index contributed by atoms with van der Waals surface area (Å²) in [6, 6.07) is 7.22. The lowest BCUT2D eigenvalue weighted by atomic mass is 10.0. The van der Waals surface area contributed by atoms with E-state index in [1.165, 1.54) is 17.8 Å². The number of rotatable bonds is 10.